The summed E-state index contributed by atoms with van der Waals surface area (Å²) in [6.45, 7) is 12.0. The van der Waals surface area contributed by atoms with Gasteiger partial charge in [-0.05, 0) is 58.3 Å². The third kappa shape index (κ3) is 16.6. The molecule has 22 nitrogen and oxygen atoms in total. The molecule has 23 heteroatoms. The minimum atomic E-state index is -0.971. The first kappa shape index (κ1) is 52.9. The van der Waals surface area contributed by atoms with E-state index in [4.69, 9.17) is 35.6 Å². The number of anilines is 3. The van der Waals surface area contributed by atoms with E-state index in [1.165, 1.54) is 4.68 Å². The van der Waals surface area contributed by atoms with E-state index in [2.05, 4.69) is 55.2 Å². The lowest BCUT2D eigenvalue weighted by molar-refractivity contribution is -0.368. The van der Waals surface area contributed by atoms with Crippen molar-refractivity contribution in [1.29, 1.82) is 0 Å². The Balaban J connectivity index is 0.00000925. The molecule has 0 aliphatic carbocycles. The molecule has 65 heavy (non-hydrogen) atoms. The normalized spacial score (nSPS) is 15.6. The van der Waals surface area contributed by atoms with Crippen LogP contribution >= 0.6 is 0 Å². The Bertz CT molecular complexity index is 1860. The van der Waals surface area contributed by atoms with E-state index in [-0.39, 0.29) is 30.8 Å². The molecule has 0 radical (unpaired) electrons. The van der Waals surface area contributed by atoms with Gasteiger partial charge in [-0.25, -0.2) is 9.36 Å². The fourth-order valence-corrected chi connectivity index (χ4v) is 7.58. The number of aliphatic hydroxyl groups is 1. The number of halogens is 1. The number of hydrogen-bond acceptors (Lipinski definition) is 16. The largest absolute Gasteiger partial charge is 1.00 e. The van der Waals surface area contributed by atoms with Crippen molar-refractivity contribution in [2.24, 2.45) is 0 Å². The zero-order valence-corrected chi connectivity index (χ0v) is 39.2. The number of quaternary nitrogens is 2. The van der Waals surface area contributed by atoms with E-state index >= 15 is 0 Å². The summed E-state index contributed by atoms with van der Waals surface area (Å²) in [7, 11) is 0. The maximum Gasteiger partial charge on any atom is 0.250 e. The number of piperazine rings is 2. The van der Waals surface area contributed by atoms with Crippen LogP contribution in [0.2, 0.25) is 0 Å². The summed E-state index contributed by atoms with van der Waals surface area (Å²) in [5, 5.41) is 31.3. The lowest BCUT2D eigenvalue weighted by Crippen LogP contribution is -3.00. The van der Waals surface area contributed by atoms with E-state index in [9.17, 15) is 14.7 Å². The highest BCUT2D eigenvalue weighted by atomic mass is 35.5. The Morgan fingerprint density at radius 1 is 0.754 bits per heavy atom. The number of nitrogens with one attached hydrogen (secondary N) is 1. The standard InChI is InChI=1S/C42H70N16O6.ClH/c1-4-6-11-34-31-57(51-49-34)36(13-8-10-15-44)38(60)53-17-21-55(22-18-53)41-46-40(45-16-26-63-28-30-64-29-27-62-25-5-2)47-42(48-41)56-23-19-54(20-24-56)39(61)37(33(3)59)58-32-35(50-52-58)12-7-9-14-43;/h2,31-33,36-37,59H,4,6-30,43-44H2,1,3H3,(H,45,46,47,48);1H/p+1/t33-,36+,37+;/m1./s1. The summed E-state index contributed by atoms with van der Waals surface area (Å²) in [6, 6.07) is -1.32. The molecular formula is C42H72ClN16O6+. The highest BCUT2D eigenvalue weighted by Gasteiger charge is 2.35. The van der Waals surface area contributed by atoms with E-state index in [0.717, 1.165) is 75.8 Å². The molecule has 0 bridgehead atoms. The van der Waals surface area contributed by atoms with Crippen molar-refractivity contribution >= 4 is 29.7 Å². The minimum Gasteiger partial charge on any atom is -1.00 e. The summed E-state index contributed by atoms with van der Waals surface area (Å²) in [5.74, 6) is 3.61. The SMILES string of the molecule is C#CCOCCOCCOCCNc1nc(N2CCN(C(=O)[C@H]([C@@H](C)O)n3cc(CCCC[NH3+])nn3)CC2)nc(N2CCN(C(=O)[C@H](CCCC[NH3+])n3cc(CCCC)nn3)CC2)n1.[Cl-]. The first-order chi connectivity index (χ1) is 31.3. The fourth-order valence-electron chi connectivity index (χ4n) is 7.58. The number of carbonyl (C=O) groups is 2. The van der Waals surface area contributed by atoms with Crippen LogP contribution < -0.4 is 39.0 Å². The van der Waals surface area contributed by atoms with Gasteiger partial charge in [0.15, 0.2) is 6.04 Å². The average molecular weight is 933 g/mol. The maximum atomic E-state index is 14.1. The number of unbranched alkanes of at least 4 members (excludes halogenated alkanes) is 3. The van der Waals surface area contributed by atoms with Crippen LogP contribution in [0.3, 0.4) is 0 Å². The molecule has 2 aliphatic heterocycles. The molecule has 8 N–H and O–H groups in total. The Morgan fingerprint density at radius 3 is 1.88 bits per heavy atom. The second-order valence-electron chi connectivity index (χ2n) is 16.1. The van der Waals surface area contributed by atoms with Gasteiger partial charge in [-0.3, -0.25) is 9.59 Å². The molecule has 2 saturated heterocycles. The summed E-state index contributed by atoms with van der Waals surface area (Å²) in [6.07, 6.45) is 16.0. The van der Waals surface area contributed by atoms with Crippen LogP contribution in [0.4, 0.5) is 17.8 Å². The summed E-state index contributed by atoms with van der Waals surface area (Å²) < 4.78 is 19.8. The molecule has 3 aromatic heterocycles. The second kappa shape index (κ2) is 29.0. The molecule has 2 aliphatic rings. The number of carbonyl (C=O) groups excluding carboxylic acids is 2. The van der Waals surface area contributed by atoms with Crippen molar-refractivity contribution in [3.63, 3.8) is 0 Å². The predicted octanol–water partition coefficient (Wildman–Crippen LogP) is -4.37. The van der Waals surface area contributed by atoms with Crippen LogP contribution in [0.15, 0.2) is 12.4 Å². The molecule has 5 heterocycles. The van der Waals surface area contributed by atoms with Crippen molar-refractivity contribution < 1.29 is 52.8 Å². The topological polar surface area (TPSA) is 262 Å². The van der Waals surface area contributed by atoms with Crippen molar-refractivity contribution in [1.82, 2.24) is 54.7 Å². The fraction of sp³-hybridized carbons (Fsp3) is 0.738. The zero-order valence-electron chi connectivity index (χ0n) is 38.4. The summed E-state index contributed by atoms with van der Waals surface area (Å²) in [5.41, 5.74) is 9.57. The van der Waals surface area contributed by atoms with Gasteiger partial charge in [0.1, 0.15) is 12.6 Å². The Labute approximate surface area is 388 Å². The number of aromatic nitrogens is 9. The number of terminal acetylenes is 1. The molecule has 2 fully saturated rings. The number of nitrogens with zero attached hydrogens (tertiary/aromatic N) is 13. The Kier molecular flexibility index (Phi) is 23.6. The van der Waals surface area contributed by atoms with E-state index in [1.54, 1.807) is 22.7 Å². The molecule has 3 aromatic rings. The van der Waals surface area contributed by atoms with E-state index in [0.29, 0.717) is 116 Å². The first-order valence-electron chi connectivity index (χ1n) is 23.1. The molecule has 3 atom stereocenters. The first-order valence-corrected chi connectivity index (χ1v) is 23.1. The smallest absolute Gasteiger partial charge is 0.250 e. The van der Waals surface area contributed by atoms with Crippen LogP contribution in [-0.2, 0) is 36.6 Å². The summed E-state index contributed by atoms with van der Waals surface area (Å²) in [4.78, 5) is 50.3. The van der Waals surface area contributed by atoms with Gasteiger partial charge in [-0.1, -0.05) is 29.7 Å². The highest BCUT2D eigenvalue weighted by Crippen LogP contribution is 2.24. The van der Waals surface area contributed by atoms with Crippen LogP contribution in [0.5, 0.6) is 0 Å². The van der Waals surface area contributed by atoms with Gasteiger partial charge in [0.2, 0.25) is 29.7 Å². The zero-order chi connectivity index (χ0) is 45.5. The van der Waals surface area contributed by atoms with Crippen LogP contribution in [-0.4, -0.2) is 189 Å². The molecular weight excluding hydrogens is 860 g/mol. The van der Waals surface area contributed by atoms with Crippen LogP contribution in [0.25, 0.3) is 0 Å². The highest BCUT2D eigenvalue weighted by molar-refractivity contribution is 5.81. The quantitative estimate of drug-likeness (QED) is 0.0379. The van der Waals surface area contributed by atoms with Crippen molar-refractivity contribution in [3.8, 4) is 12.3 Å². The van der Waals surface area contributed by atoms with Crippen molar-refractivity contribution in [2.75, 3.05) is 127 Å². The van der Waals surface area contributed by atoms with Crippen LogP contribution in [0.1, 0.15) is 82.3 Å². The lowest BCUT2D eigenvalue weighted by atomic mass is 10.1. The predicted molar refractivity (Wildman–Crippen MR) is 238 cm³/mol. The van der Waals surface area contributed by atoms with Crippen LogP contribution in [0, 0.1) is 12.3 Å². The molecule has 362 valence electrons. The molecule has 0 unspecified atom stereocenters. The number of aryl methyl sites for hydroxylation is 2. The Morgan fingerprint density at radius 2 is 1.29 bits per heavy atom. The monoisotopic (exact) mass is 932 g/mol. The van der Waals surface area contributed by atoms with Gasteiger partial charge < -0.3 is 68.1 Å². The van der Waals surface area contributed by atoms with E-state index < -0.39 is 18.2 Å². The average Bonchev–Trinajstić information content (AvgIpc) is 3.99. The molecule has 0 saturated carbocycles. The third-order valence-electron chi connectivity index (χ3n) is 11.2. The van der Waals surface area contributed by atoms with Gasteiger partial charge >= 0.3 is 0 Å². The third-order valence-corrected chi connectivity index (χ3v) is 11.2. The molecule has 2 amide bonds. The number of rotatable bonds is 29. The van der Waals surface area contributed by atoms with Gasteiger partial charge in [-0.2, -0.15) is 15.0 Å². The van der Waals surface area contributed by atoms with E-state index in [1.807, 2.05) is 16.0 Å². The number of hydrogen-bond donors (Lipinski definition) is 4. The van der Waals surface area contributed by atoms with Gasteiger partial charge in [0.25, 0.3) is 0 Å². The maximum absolute atomic E-state index is 14.1. The van der Waals surface area contributed by atoms with Crippen molar-refractivity contribution in [3.05, 3.63) is 23.8 Å². The van der Waals surface area contributed by atoms with Gasteiger partial charge in [-0.15, -0.1) is 16.6 Å². The van der Waals surface area contributed by atoms with Gasteiger partial charge in [0, 0.05) is 71.3 Å². The van der Waals surface area contributed by atoms with Gasteiger partial charge in [0.05, 0.1) is 63.6 Å². The number of ether oxygens (including phenoxy) is 3. The molecule has 0 aromatic carbocycles. The Hall–Kier alpha value is -4.76. The summed E-state index contributed by atoms with van der Waals surface area (Å²) >= 11 is 0. The number of aliphatic hydroxyl groups excluding tert-OH is 1. The number of amides is 2. The molecule has 5 rings (SSSR count). The lowest BCUT2D eigenvalue weighted by Gasteiger charge is -2.38. The second-order valence-corrected chi connectivity index (χ2v) is 16.1. The van der Waals surface area contributed by atoms with Crippen molar-refractivity contribution in [2.45, 2.75) is 89.8 Å². The molecule has 0 spiro atoms. The minimum absolute atomic E-state index is 0.